The summed E-state index contributed by atoms with van der Waals surface area (Å²) in [6, 6.07) is 14.3. The van der Waals surface area contributed by atoms with Crippen LogP contribution in [0.3, 0.4) is 0 Å². The minimum atomic E-state index is -1.22. The van der Waals surface area contributed by atoms with Gasteiger partial charge in [0.15, 0.2) is 6.10 Å². The number of halogens is 1. The Morgan fingerprint density at radius 3 is 2.28 bits per heavy atom. The normalized spacial score (nSPS) is 15.4. The first kappa shape index (κ1) is 34.0. The van der Waals surface area contributed by atoms with Gasteiger partial charge in [-0.2, -0.15) is 5.10 Å². The molecule has 0 radical (unpaired) electrons. The smallest absolute Gasteiger partial charge is 0.337 e. The van der Waals surface area contributed by atoms with Crippen molar-refractivity contribution in [2.45, 2.75) is 86.0 Å². The predicted molar refractivity (Wildman–Crippen MR) is 180 cm³/mol. The van der Waals surface area contributed by atoms with E-state index in [-0.39, 0.29) is 11.2 Å². The Kier molecular flexibility index (Phi) is 10.0. The summed E-state index contributed by atoms with van der Waals surface area (Å²) in [6.07, 6.45) is 2.88. The molecule has 1 unspecified atom stereocenters. The number of anilines is 1. The van der Waals surface area contributed by atoms with Crippen molar-refractivity contribution in [3.8, 4) is 16.9 Å². The molecule has 2 aromatic heterocycles. The number of carboxylic acids is 1. The number of benzene rings is 2. The van der Waals surface area contributed by atoms with E-state index in [1.165, 1.54) is 18.5 Å². The fourth-order valence-electron chi connectivity index (χ4n) is 6.02. The summed E-state index contributed by atoms with van der Waals surface area (Å²) >= 11 is 0. The average molecular weight is 644 g/mol. The number of rotatable bonds is 11. The van der Waals surface area contributed by atoms with Crippen LogP contribution in [0.4, 0.5) is 10.1 Å². The Balaban J connectivity index is 1.62. The third-order valence-electron chi connectivity index (χ3n) is 8.69. The zero-order chi connectivity index (χ0) is 33.9. The first-order chi connectivity index (χ1) is 22.2. The monoisotopic (exact) mass is 643 g/mol. The van der Waals surface area contributed by atoms with Crippen LogP contribution in [0.25, 0.3) is 11.1 Å². The standard InChI is InChI=1S/C37H46FN5O4/c1-24-31(34(35(44)45)47-36(3,4)5)33(42-19-17-37(6,7)18-20-42)32(30(41-24)22-43-25(2)39-23-40-43)27-10-14-29(15-11-27)46-21-16-26-8-12-28(38)13-9-26/h8-15,23,34H,16-22H2,1-7H3,(H,44,45). The van der Waals surface area contributed by atoms with Gasteiger partial charge in [-0.3, -0.25) is 4.98 Å². The zero-order valence-corrected chi connectivity index (χ0v) is 28.5. The molecule has 1 aliphatic rings. The Morgan fingerprint density at radius 2 is 1.70 bits per heavy atom. The van der Waals surface area contributed by atoms with Gasteiger partial charge in [0.2, 0.25) is 0 Å². The SMILES string of the molecule is Cc1nc(Cn2ncnc2C)c(-c2ccc(OCCc3ccc(F)cc3)cc2)c(N2CCC(C)(C)CC2)c1C(OC(C)(C)C)C(=O)O. The highest BCUT2D eigenvalue weighted by atomic mass is 19.1. The quantitative estimate of drug-likeness (QED) is 0.181. The van der Waals surface area contributed by atoms with Gasteiger partial charge in [0, 0.05) is 36.3 Å². The fourth-order valence-corrected chi connectivity index (χ4v) is 6.02. The summed E-state index contributed by atoms with van der Waals surface area (Å²) < 4.78 is 27.4. The lowest BCUT2D eigenvalue weighted by Crippen LogP contribution is -2.39. The van der Waals surface area contributed by atoms with Gasteiger partial charge in [-0.15, -0.1) is 0 Å². The number of aromatic nitrogens is 4. The highest BCUT2D eigenvalue weighted by Gasteiger charge is 2.37. The van der Waals surface area contributed by atoms with E-state index in [0.717, 1.165) is 59.8 Å². The molecule has 1 fully saturated rings. The molecule has 47 heavy (non-hydrogen) atoms. The number of hydrogen-bond acceptors (Lipinski definition) is 7. The maximum atomic E-state index is 13.3. The second-order valence-corrected chi connectivity index (χ2v) is 14.1. The van der Waals surface area contributed by atoms with E-state index < -0.39 is 17.7 Å². The number of ether oxygens (including phenoxy) is 2. The zero-order valence-electron chi connectivity index (χ0n) is 28.5. The molecule has 0 bridgehead atoms. The number of hydrogen-bond donors (Lipinski definition) is 1. The number of aliphatic carboxylic acids is 1. The van der Waals surface area contributed by atoms with Gasteiger partial charge in [-0.05, 0) is 88.3 Å². The Morgan fingerprint density at radius 1 is 1.04 bits per heavy atom. The number of carboxylic acid groups (broad SMARTS) is 1. The third kappa shape index (κ3) is 8.35. The fraction of sp³-hybridized carbons (Fsp3) is 0.459. The van der Waals surface area contributed by atoms with Gasteiger partial charge < -0.3 is 19.5 Å². The lowest BCUT2D eigenvalue weighted by atomic mass is 9.81. The molecule has 5 rings (SSSR count). The molecule has 4 aromatic rings. The molecule has 10 heteroatoms. The molecule has 3 heterocycles. The first-order valence-corrected chi connectivity index (χ1v) is 16.2. The largest absolute Gasteiger partial charge is 0.493 e. The Hall–Kier alpha value is -4.31. The third-order valence-corrected chi connectivity index (χ3v) is 8.69. The minimum Gasteiger partial charge on any atom is -0.493 e. The van der Waals surface area contributed by atoms with Gasteiger partial charge in [-0.25, -0.2) is 18.9 Å². The van der Waals surface area contributed by atoms with E-state index >= 15 is 0 Å². The average Bonchev–Trinajstić information content (AvgIpc) is 3.41. The van der Waals surface area contributed by atoms with Crippen LogP contribution < -0.4 is 9.64 Å². The van der Waals surface area contributed by atoms with Crippen LogP contribution in [0.2, 0.25) is 0 Å². The summed E-state index contributed by atoms with van der Waals surface area (Å²) in [4.78, 5) is 24.7. The van der Waals surface area contributed by atoms with Crippen molar-refractivity contribution in [1.82, 2.24) is 19.7 Å². The molecular weight excluding hydrogens is 597 g/mol. The maximum absolute atomic E-state index is 13.3. The van der Waals surface area contributed by atoms with Crippen LogP contribution in [0.1, 0.15) is 81.9 Å². The molecule has 1 saturated heterocycles. The van der Waals surface area contributed by atoms with Gasteiger partial charge in [0.25, 0.3) is 0 Å². The van der Waals surface area contributed by atoms with Crippen molar-refractivity contribution in [1.29, 1.82) is 0 Å². The number of carbonyl (C=O) groups is 1. The number of aryl methyl sites for hydroxylation is 2. The van der Waals surface area contributed by atoms with Crippen molar-refractivity contribution in [2.24, 2.45) is 5.41 Å². The highest BCUT2D eigenvalue weighted by molar-refractivity contribution is 5.88. The van der Waals surface area contributed by atoms with E-state index in [2.05, 4.69) is 28.8 Å². The maximum Gasteiger partial charge on any atom is 0.337 e. The Labute approximate surface area is 276 Å². The summed E-state index contributed by atoms with van der Waals surface area (Å²) in [5, 5.41) is 15.0. The molecule has 9 nitrogen and oxygen atoms in total. The Bertz CT molecular complexity index is 1680. The molecule has 0 saturated carbocycles. The van der Waals surface area contributed by atoms with E-state index in [0.29, 0.717) is 36.6 Å². The van der Waals surface area contributed by atoms with E-state index in [1.54, 1.807) is 16.8 Å². The lowest BCUT2D eigenvalue weighted by molar-refractivity contribution is -0.160. The molecule has 0 amide bonds. The molecule has 0 spiro atoms. The molecule has 2 aromatic carbocycles. The minimum absolute atomic E-state index is 0.181. The number of piperidine rings is 1. The number of pyridine rings is 1. The molecule has 250 valence electrons. The van der Waals surface area contributed by atoms with E-state index in [4.69, 9.17) is 14.5 Å². The summed E-state index contributed by atoms with van der Waals surface area (Å²) in [7, 11) is 0. The van der Waals surface area contributed by atoms with Crippen LogP contribution >= 0.6 is 0 Å². The van der Waals surface area contributed by atoms with Crippen LogP contribution in [-0.4, -0.2) is 56.1 Å². The second kappa shape index (κ2) is 13.8. The molecule has 1 N–H and O–H groups in total. The van der Waals surface area contributed by atoms with Crippen molar-refractivity contribution in [2.75, 3.05) is 24.6 Å². The second-order valence-electron chi connectivity index (χ2n) is 14.1. The van der Waals surface area contributed by atoms with Crippen LogP contribution in [0.15, 0.2) is 54.9 Å². The molecular formula is C37H46FN5O4. The number of nitrogens with zero attached hydrogens (tertiary/aromatic N) is 5. The van der Waals surface area contributed by atoms with Gasteiger partial charge in [-0.1, -0.05) is 38.1 Å². The van der Waals surface area contributed by atoms with E-state index in [1.807, 2.05) is 58.9 Å². The first-order valence-electron chi connectivity index (χ1n) is 16.2. The molecule has 0 aliphatic carbocycles. The van der Waals surface area contributed by atoms with Crippen LogP contribution in [-0.2, 0) is 22.5 Å². The summed E-state index contributed by atoms with van der Waals surface area (Å²) in [5.41, 5.74) is 4.99. The van der Waals surface area contributed by atoms with Gasteiger partial charge >= 0.3 is 5.97 Å². The van der Waals surface area contributed by atoms with Crippen LogP contribution in [0.5, 0.6) is 5.75 Å². The molecule has 1 aliphatic heterocycles. The molecule has 1 atom stereocenters. The van der Waals surface area contributed by atoms with Crippen LogP contribution in [0, 0.1) is 25.1 Å². The lowest BCUT2D eigenvalue weighted by Gasteiger charge is -2.41. The predicted octanol–water partition coefficient (Wildman–Crippen LogP) is 7.33. The van der Waals surface area contributed by atoms with Crippen molar-refractivity contribution in [3.05, 3.63) is 89.0 Å². The summed E-state index contributed by atoms with van der Waals surface area (Å²) in [6.45, 7) is 16.3. The summed E-state index contributed by atoms with van der Waals surface area (Å²) in [5.74, 6) is 0.138. The topological polar surface area (TPSA) is 103 Å². The van der Waals surface area contributed by atoms with Crippen molar-refractivity contribution in [3.63, 3.8) is 0 Å². The van der Waals surface area contributed by atoms with Crippen molar-refractivity contribution < 1.29 is 23.8 Å². The van der Waals surface area contributed by atoms with Gasteiger partial charge in [0.1, 0.15) is 23.7 Å². The van der Waals surface area contributed by atoms with Gasteiger partial charge in [0.05, 0.1) is 30.1 Å². The van der Waals surface area contributed by atoms with E-state index in [9.17, 15) is 14.3 Å². The highest BCUT2D eigenvalue weighted by Crippen LogP contribution is 2.45. The van der Waals surface area contributed by atoms with Crippen molar-refractivity contribution >= 4 is 11.7 Å².